The number of pyridine rings is 2. The van der Waals surface area contributed by atoms with Gasteiger partial charge < -0.3 is 5.32 Å². The van der Waals surface area contributed by atoms with E-state index in [4.69, 9.17) is 4.98 Å². The number of hydrogen-bond donors (Lipinski definition) is 1. The van der Waals surface area contributed by atoms with Crippen LogP contribution in [0.25, 0.3) is 20.4 Å². The van der Waals surface area contributed by atoms with Crippen molar-refractivity contribution in [3.8, 4) is 0 Å². The van der Waals surface area contributed by atoms with Crippen LogP contribution in [0.5, 0.6) is 0 Å². The minimum atomic E-state index is -0.104. The number of rotatable bonds is 5. The van der Waals surface area contributed by atoms with Crippen LogP contribution in [-0.2, 0) is 17.6 Å². The van der Waals surface area contributed by atoms with Crippen LogP contribution in [-0.4, -0.2) is 31.6 Å². The summed E-state index contributed by atoms with van der Waals surface area (Å²) in [5.41, 5.74) is 5.02. The first-order valence-corrected chi connectivity index (χ1v) is 11.8. The average molecular weight is 436 g/mol. The van der Waals surface area contributed by atoms with Gasteiger partial charge in [0.2, 0.25) is 5.91 Å². The molecule has 4 aromatic heterocycles. The predicted molar refractivity (Wildman–Crippen MR) is 122 cm³/mol. The summed E-state index contributed by atoms with van der Waals surface area (Å²) in [6, 6.07) is 5.44. The van der Waals surface area contributed by atoms with E-state index in [1.807, 2.05) is 12.1 Å². The van der Waals surface area contributed by atoms with Crippen molar-refractivity contribution in [2.24, 2.45) is 0 Å². The highest BCUT2D eigenvalue weighted by molar-refractivity contribution is 8.00. The summed E-state index contributed by atoms with van der Waals surface area (Å²) >= 11 is 3.07. The summed E-state index contributed by atoms with van der Waals surface area (Å²) in [6.45, 7) is 4.42. The summed E-state index contributed by atoms with van der Waals surface area (Å²) in [6.07, 6.45) is 6.62. The van der Waals surface area contributed by atoms with Gasteiger partial charge in [-0.25, -0.2) is 19.9 Å². The van der Waals surface area contributed by atoms with Crippen LogP contribution in [0.4, 0.5) is 5.82 Å². The fourth-order valence-electron chi connectivity index (χ4n) is 4.04. The Morgan fingerprint density at radius 3 is 2.87 bits per heavy atom. The SMILES string of the molecule is CC(C)c1nc2sc3c(SCC(=O)Nc4ccccn4)ncnc3c2c2c1CCC2. The number of nitrogens with one attached hydrogen (secondary N) is 1. The molecule has 5 rings (SSSR count). The topological polar surface area (TPSA) is 80.7 Å². The van der Waals surface area contributed by atoms with E-state index in [0.29, 0.717) is 11.7 Å². The number of carbonyl (C=O) groups is 1. The van der Waals surface area contributed by atoms with Gasteiger partial charge in [-0.3, -0.25) is 4.79 Å². The smallest absolute Gasteiger partial charge is 0.235 e. The third-order valence-corrected chi connectivity index (χ3v) is 7.49. The van der Waals surface area contributed by atoms with E-state index < -0.39 is 0 Å². The summed E-state index contributed by atoms with van der Waals surface area (Å²) in [5.74, 6) is 1.12. The molecule has 0 saturated carbocycles. The van der Waals surface area contributed by atoms with E-state index in [1.165, 1.54) is 40.4 Å². The van der Waals surface area contributed by atoms with E-state index in [0.717, 1.165) is 32.9 Å². The maximum absolute atomic E-state index is 12.3. The lowest BCUT2D eigenvalue weighted by molar-refractivity contribution is -0.113. The molecule has 1 amide bonds. The first kappa shape index (κ1) is 19.4. The number of nitrogens with zero attached hydrogens (tertiary/aromatic N) is 4. The molecule has 4 heterocycles. The Morgan fingerprint density at radius 2 is 2.07 bits per heavy atom. The van der Waals surface area contributed by atoms with Gasteiger partial charge in [0.05, 0.1) is 16.0 Å². The zero-order valence-electron chi connectivity index (χ0n) is 16.8. The molecule has 0 fully saturated rings. The zero-order valence-corrected chi connectivity index (χ0v) is 18.4. The number of thioether (sulfide) groups is 1. The number of thiophene rings is 1. The van der Waals surface area contributed by atoms with Crippen molar-refractivity contribution in [1.29, 1.82) is 0 Å². The number of aromatic nitrogens is 4. The Kier molecular flexibility index (Phi) is 5.12. The van der Waals surface area contributed by atoms with E-state index in [9.17, 15) is 4.79 Å². The molecule has 1 aliphatic rings. The number of fused-ring (bicyclic) bond motifs is 5. The Hall–Kier alpha value is -2.58. The monoisotopic (exact) mass is 435 g/mol. The molecule has 0 aliphatic heterocycles. The second kappa shape index (κ2) is 7.92. The van der Waals surface area contributed by atoms with Crippen LogP contribution >= 0.6 is 23.1 Å². The average Bonchev–Trinajstić information content (AvgIpc) is 3.36. The minimum absolute atomic E-state index is 0.104. The maximum atomic E-state index is 12.3. The third-order valence-electron chi connectivity index (χ3n) is 5.29. The van der Waals surface area contributed by atoms with Gasteiger partial charge in [-0.2, -0.15) is 0 Å². The third kappa shape index (κ3) is 3.44. The van der Waals surface area contributed by atoms with Gasteiger partial charge >= 0.3 is 0 Å². The molecule has 0 atom stereocenters. The summed E-state index contributed by atoms with van der Waals surface area (Å²) < 4.78 is 1.02. The lowest BCUT2D eigenvalue weighted by atomic mass is 9.99. The molecule has 30 heavy (non-hydrogen) atoms. The standard InChI is InChI=1S/C22H21N5OS2/c1-12(2)18-14-7-5-6-13(14)17-19-20(30-21(17)27-18)22(25-11-24-19)29-10-16(28)26-15-8-3-4-9-23-15/h3-4,8-9,11-12H,5-7,10H2,1-2H3,(H,23,26,28). The van der Waals surface area contributed by atoms with Crippen LogP contribution in [0.15, 0.2) is 35.7 Å². The Balaban J connectivity index is 1.49. The number of hydrogen-bond acceptors (Lipinski definition) is 7. The predicted octanol–water partition coefficient (Wildman–Crippen LogP) is 4.98. The molecule has 0 aromatic carbocycles. The highest BCUT2D eigenvalue weighted by Crippen LogP contribution is 2.42. The number of amides is 1. The van der Waals surface area contributed by atoms with Crippen LogP contribution in [0.3, 0.4) is 0 Å². The summed E-state index contributed by atoms with van der Waals surface area (Å²) in [5, 5.41) is 4.84. The van der Waals surface area contributed by atoms with E-state index in [-0.39, 0.29) is 11.7 Å². The van der Waals surface area contributed by atoms with E-state index in [2.05, 4.69) is 34.1 Å². The van der Waals surface area contributed by atoms with Crippen molar-refractivity contribution < 1.29 is 4.79 Å². The van der Waals surface area contributed by atoms with Gasteiger partial charge in [-0.15, -0.1) is 11.3 Å². The quantitative estimate of drug-likeness (QED) is 0.352. The Morgan fingerprint density at radius 1 is 1.20 bits per heavy atom. The molecule has 0 saturated heterocycles. The molecule has 1 aliphatic carbocycles. The van der Waals surface area contributed by atoms with Crippen molar-refractivity contribution in [3.05, 3.63) is 47.5 Å². The molecule has 0 spiro atoms. The Labute approximate surface area is 182 Å². The van der Waals surface area contributed by atoms with Crippen molar-refractivity contribution in [3.63, 3.8) is 0 Å². The first-order valence-electron chi connectivity index (χ1n) is 10.0. The highest BCUT2D eigenvalue weighted by Gasteiger charge is 2.25. The van der Waals surface area contributed by atoms with Gasteiger partial charge in [0.15, 0.2) is 0 Å². The van der Waals surface area contributed by atoms with Crippen LogP contribution in [0.1, 0.15) is 43.0 Å². The van der Waals surface area contributed by atoms with Gasteiger partial charge in [0, 0.05) is 17.3 Å². The summed E-state index contributed by atoms with van der Waals surface area (Å²) in [7, 11) is 0. The van der Waals surface area contributed by atoms with Gasteiger partial charge in [0.25, 0.3) is 0 Å². The van der Waals surface area contributed by atoms with Crippen LogP contribution in [0.2, 0.25) is 0 Å². The summed E-state index contributed by atoms with van der Waals surface area (Å²) in [4.78, 5) is 31.6. The molecule has 6 nitrogen and oxygen atoms in total. The molecule has 4 aromatic rings. The second-order valence-electron chi connectivity index (χ2n) is 7.65. The second-order valence-corrected chi connectivity index (χ2v) is 9.62. The molecule has 1 N–H and O–H groups in total. The van der Waals surface area contributed by atoms with Crippen molar-refractivity contribution >= 4 is 55.3 Å². The van der Waals surface area contributed by atoms with Gasteiger partial charge in [-0.05, 0) is 48.4 Å². The van der Waals surface area contributed by atoms with Gasteiger partial charge in [-0.1, -0.05) is 31.7 Å². The molecular weight excluding hydrogens is 414 g/mol. The van der Waals surface area contributed by atoms with Crippen LogP contribution < -0.4 is 5.32 Å². The maximum Gasteiger partial charge on any atom is 0.235 e. The molecule has 0 radical (unpaired) electrons. The Bertz CT molecular complexity index is 1250. The molecular formula is C22H21N5OS2. The normalized spacial score (nSPS) is 13.3. The van der Waals surface area contributed by atoms with Gasteiger partial charge in [0.1, 0.15) is 22.0 Å². The number of anilines is 1. The van der Waals surface area contributed by atoms with E-state index in [1.54, 1.807) is 29.9 Å². The van der Waals surface area contributed by atoms with Crippen molar-refractivity contribution in [2.45, 2.75) is 44.1 Å². The highest BCUT2D eigenvalue weighted by atomic mass is 32.2. The van der Waals surface area contributed by atoms with Crippen molar-refractivity contribution in [1.82, 2.24) is 19.9 Å². The van der Waals surface area contributed by atoms with E-state index >= 15 is 0 Å². The molecule has 0 bridgehead atoms. The fourth-order valence-corrected chi connectivity index (χ4v) is 6.08. The largest absolute Gasteiger partial charge is 0.310 e. The lowest BCUT2D eigenvalue weighted by Crippen LogP contribution is -2.14. The van der Waals surface area contributed by atoms with Crippen molar-refractivity contribution in [2.75, 3.05) is 11.1 Å². The number of carbonyl (C=O) groups excluding carboxylic acids is 1. The lowest BCUT2D eigenvalue weighted by Gasteiger charge is -2.11. The first-order chi connectivity index (χ1) is 14.6. The molecule has 152 valence electrons. The zero-order chi connectivity index (χ0) is 20.7. The van der Waals surface area contributed by atoms with Crippen LogP contribution in [0, 0.1) is 0 Å². The fraction of sp³-hybridized carbons (Fsp3) is 0.318. The molecule has 0 unspecified atom stereocenters. The minimum Gasteiger partial charge on any atom is -0.310 e. The molecule has 8 heteroatoms. The number of aryl methyl sites for hydroxylation is 1.